The number of alkyl halides is 3. The molecule has 2 aromatic rings. The summed E-state index contributed by atoms with van der Waals surface area (Å²) < 4.78 is 41.9. The Morgan fingerprint density at radius 3 is 1.95 bits per heavy atom. The summed E-state index contributed by atoms with van der Waals surface area (Å²) in [7, 11) is 0. The minimum absolute atomic E-state index is 0.0238. The number of carbonyl (C=O) groups excluding carboxylic acids is 1. The fraction of sp³-hybridized carbons (Fsp3) is 0.0769. The molecule has 0 unspecified atom stereocenters. The number of rotatable bonds is 3. The molecule has 104 valence electrons. The van der Waals surface area contributed by atoms with Gasteiger partial charge in [-0.3, -0.25) is 4.79 Å². The molecule has 4 nitrogen and oxygen atoms in total. The van der Waals surface area contributed by atoms with Crippen LogP contribution >= 0.6 is 0 Å². The van der Waals surface area contributed by atoms with Crippen molar-refractivity contribution < 1.29 is 32.3 Å². The van der Waals surface area contributed by atoms with Gasteiger partial charge in [0.15, 0.2) is 5.76 Å². The van der Waals surface area contributed by atoms with Crippen LogP contribution in [0.4, 0.5) is 13.2 Å². The highest BCUT2D eigenvalue weighted by molar-refractivity contribution is 6.07. The molecule has 1 aromatic heterocycles. The van der Waals surface area contributed by atoms with Gasteiger partial charge in [0.05, 0.1) is 5.56 Å². The third-order valence-electron chi connectivity index (χ3n) is 2.51. The first-order chi connectivity index (χ1) is 9.29. The predicted octanol–water partition coefficient (Wildman–Crippen LogP) is 3.23. The molecule has 0 saturated heterocycles. The molecule has 0 atom stereocenters. The van der Waals surface area contributed by atoms with Crippen molar-refractivity contribution in [2.75, 3.05) is 0 Å². The van der Waals surface area contributed by atoms with E-state index < -0.39 is 29.3 Å². The number of benzene rings is 1. The molecule has 0 saturated carbocycles. The van der Waals surface area contributed by atoms with Gasteiger partial charge in [-0.1, -0.05) is 12.1 Å². The van der Waals surface area contributed by atoms with E-state index in [2.05, 4.69) is 0 Å². The van der Waals surface area contributed by atoms with E-state index in [0.29, 0.717) is 0 Å². The third-order valence-corrected chi connectivity index (χ3v) is 2.51. The quantitative estimate of drug-likeness (QED) is 0.879. The Bertz CT molecular complexity index is 653. The molecule has 7 heteroatoms. The molecule has 2 rings (SSSR count). The number of aromatic carboxylic acids is 1. The summed E-state index contributed by atoms with van der Waals surface area (Å²) in [5.41, 5.74) is -0.899. The van der Waals surface area contributed by atoms with Crippen LogP contribution in [0.5, 0.6) is 0 Å². The number of ketones is 1. The average Bonchev–Trinajstić information content (AvgIpc) is 2.86. The van der Waals surface area contributed by atoms with E-state index in [4.69, 9.17) is 9.52 Å². The van der Waals surface area contributed by atoms with Gasteiger partial charge in [0, 0.05) is 5.56 Å². The Hall–Kier alpha value is -2.57. The Morgan fingerprint density at radius 1 is 0.950 bits per heavy atom. The van der Waals surface area contributed by atoms with Crippen molar-refractivity contribution in [3.8, 4) is 0 Å². The van der Waals surface area contributed by atoms with Crippen molar-refractivity contribution >= 4 is 11.8 Å². The van der Waals surface area contributed by atoms with E-state index in [0.717, 1.165) is 36.4 Å². The smallest absolute Gasteiger partial charge is 0.416 e. The fourth-order valence-corrected chi connectivity index (χ4v) is 1.53. The maximum absolute atomic E-state index is 12.4. The number of carboxylic acid groups (broad SMARTS) is 1. The molecule has 0 bridgehead atoms. The third kappa shape index (κ3) is 2.71. The largest absolute Gasteiger partial charge is 0.475 e. The zero-order valence-corrected chi connectivity index (χ0v) is 9.77. The highest BCUT2D eigenvalue weighted by atomic mass is 19.4. The summed E-state index contributed by atoms with van der Waals surface area (Å²) in [6, 6.07) is 5.81. The van der Waals surface area contributed by atoms with Gasteiger partial charge in [0.25, 0.3) is 0 Å². The minimum Gasteiger partial charge on any atom is -0.475 e. The monoisotopic (exact) mass is 284 g/mol. The van der Waals surface area contributed by atoms with Crippen molar-refractivity contribution in [3.05, 3.63) is 59.0 Å². The van der Waals surface area contributed by atoms with Crippen LogP contribution in [0.2, 0.25) is 0 Å². The van der Waals surface area contributed by atoms with Gasteiger partial charge in [-0.05, 0) is 24.3 Å². The minimum atomic E-state index is -4.48. The van der Waals surface area contributed by atoms with E-state index in [1.54, 1.807) is 0 Å². The SMILES string of the molecule is O=C(O)c1ccc(C(=O)c2ccc(C(F)(F)F)cc2)o1. The van der Waals surface area contributed by atoms with Crippen LogP contribution in [-0.2, 0) is 6.18 Å². The van der Waals surface area contributed by atoms with Crippen molar-refractivity contribution in [2.45, 2.75) is 6.18 Å². The second kappa shape index (κ2) is 4.84. The van der Waals surface area contributed by atoms with Crippen LogP contribution < -0.4 is 0 Å². The second-order valence-electron chi connectivity index (χ2n) is 3.87. The summed E-state index contributed by atoms with van der Waals surface area (Å²) in [6.45, 7) is 0. The van der Waals surface area contributed by atoms with Crippen molar-refractivity contribution in [2.24, 2.45) is 0 Å². The van der Waals surface area contributed by atoms with Crippen LogP contribution in [0.1, 0.15) is 32.2 Å². The molecule has 1 N–H and O–H groups in total. The molecule has 0 aliphatic rings. The van der Waals surface area contributed by atoms with Crippen molar-refractivity contribution in [1.82, 2.24) is 0 Å². The van der Waals surface area contributed by atoms with Gasteiger partial charge < -0.3 is 9.52 Å². The highest BCUT2D eigenvalue weighted by Gasteiger charge is 2.30. The van der Waals surface area contributed by atoms with Crippen LogP contribution in [0, 0.1) is 0 Å². The zero-order valence-electron chi connectivity index (χ0n) is 9.77. The van der Waals surface area contributed by atoms with Gasteiger partial charge in [-0.15, -0.1) is 0 Å². The molecule has 0 spiro atoms. The van der Waals surface area contributed by atoms with E-state index in [-0.39, 0.29) is 11.3 Å². The molecule has 0 radical (unpaired) electrons. The summed E-state index contributed by atoms with van der Waals surface area (Å²) >= 11 is 0. The molecule has 20 heavy (non-hydrogen) atoms. The number of halogens is 3. The number of carboxylic acids is 1. The number of hydrogen-bond acceptors (Lipinski definition) is 3. The lowest BCUT2D eigenvalue weighted by Crippen LogP contribution is -2.06. The van der Waals surface area contributed by atoms with E-state index >= 15 is 0 Å². The van der Waals surface area contributed by atoms with E-state index in [9.17, 15) is 22.8 Å². The van der Waals surface area contributed by atoms with E-state index in [1.165, 1.54) is 0 Å². The van der Waals surface area contributed by atoms with Crippen LogP contribution in [0.25, 0.3) is 0 Å². The highest BCUT2D eigenvalue weighted by Crippen LogP contribution is 2.29. The van der Waals surface area contributed by atoms with Gasteiger partial charge in [0.2, 0.25) is 11.5 Å². The standard InChI is InChI=1S/C13H7F3O4/c14-13(15,16)8-3-1-7(2-4-8)11(17)9-5-6-10(20-9)12(18)19/h1-6H,(H,18,19). The van der Waals surface area contributed by atoms with Crippen molar-refractivity contribution in [3.63, 3.8) is 0 Å². The molecule has 1 aromatic carbocycles. The van der Waals surface area contributed by atoms with Gasteiger partial charge >= 0.3 is 12.1 Å². The van der Waals surface area contributed by atoms with Crippen LogP contribution in [0.3, 0.4) is 0 Å². The maximum Gasteiger partial charge on any atom is 0.416 e. The normalized spacial score (nSPS) is 11.3. The van der Waals surface area contributed by atoms with Gasteiger partial charge in [0.1, 0.15) is 0 Å². The second-order valence-corrected chi connectivity index (χ2v) is 3.87. The topological polar surface area (TPSA) is 67.5 Å². The summed E-state index contributed by atoms with van der Waals surface area (Å²) in [5, 5.41) is 8.65. The van der Waals surface area contributed by atoms with Crippen molar-refractivity contribution in [1.29, 1.82) is 0 Å². The van der Waals surface area contributed by atoms with Gasteiger partial charge in [-0.2, -0.15) is 13.2 Å². The molecule has 0 aliphatic heterocycles. The summed E-state index contributed by atoms with van der Waals surface area (Å²) in [5.74, 6) is -2.69. The molecular formula is C13H7F3O4. The predicted molar refractivity (Wildman–Crippen MR) is 60.5 cm³/mol. The number of carbonyl (C=O) groups is 2. The lowest BCUT2D eigenvalue weighted by atomic mass is 10.1. The Kier molecular flexibility index (Phi) is 3.35. The molecule has 0 fully saturated rings. The first-order valence-corrected chi connectivity index (χ1v) is 5.34. The molecule has 1 heterocycles. The van der Waals surface area contributed by atoms with E-state index in [1.807, 2.05) is 0 Å². The summed E-state index contributed by atoms with van der Waals surface area (Å²) in [4.78, 5) is 22.5. The maximum atomic E-state index is 12.4. The Balaban J connectivity index is 2.27. The Morgan fingerprint density at radius 2 is 1.50 bits per heavy atom. The first-order valence-electron chi connectivity index (χ1n) is 5.34. The first kappa shape index (κ1) is 13.9. The number of furan rings is 1. The average molecular weight is 284 g/mol. The van der Waals surface area contributed by atoms with Crippen LogP contribution in [0.15, 0.2) is 40.8 Å². The lowest BCUT2D eigenvalue weighted by molar-refractivity contribution is -0.137. The van der Waals surface area contributed by atoms with Crippen LogP contribution in [-0.4, -0.2) is 16.9 Å². The lowest BCUT2D eigenvalue weighted by Gasteiger charge is -2.06. The molecule has 0 amide bonds. The summed E-state index contributed by atoms with van der Waals surface area (Å²) in [6.07, 6.45) is -4.48. The molecule has 0 aliphatic carbocycles. The number of hydrogen-bond donors (Lipinski definition) is 1. The fourth-order valence-electron chi connectivity index (χ4n) is 1.53. The van der Waals surface area contributed by atoms with Gasteiger partial charge in [-0.25, -0.2) is 4.79 Å². The zero-order chi connectivity index (χ0) is 14.9. The molecular weight excluding hydrogens is 277 g/mol. The Labute approximate surface area is 110 Å².